The van der Waals surface area contributed by atoms with Crippen molar-refractivity contribution in [3.63, 3.8) is 0 Å². The summed E-state index contributed by atoms with van der Waals surface area (Å²) in [4.78, 5) is 32.7. The summed E-state index contributed by atoms with van der Waals surface area (Å²) in [5, 5.41) is 3.30. The van der Waals surface area contributed by atoms with Gasteiger partial charge in [0.15, 0.2) is 0 Å². The van der Waals surface area contributed by atoms with Crippen molar-refractivity contribution >= 4 is 22.8 Å². The smallest absolute Gasteiger partial charge is 0.252 e. The third-order valence-electron chi connectivity index (χ3n) is 7.20. The number of carbonyl (C=O) groups excluding carboxylic acids is 1. The molecule has 0 spiro atoms. The Morgan fingerprint density at radius 1 is 0.944 bits per heavy atom. The molecule has 1 fully saturated rings. The Morgan fingerprint density at radius 2 is 1.78 bits per heavy atom. The van der Waals surface area contributed by atoms with Gasteiger partial charge < -0.3 is 15.2 Å². The molecule has 1 amide bonds. The van der Waals surface area contributed by atoms with E-state index in [2.05, 4.69) is 49.4 Å². The Bertz CT molecular complexity index is 1580. The number of imidazole rings is 1. The fourth-order valence-corrected chi connectivity index (χ4v) is 5.49. The number of nitrogens with one attached hydrogen (secondary N) is 2. The molecular weight excluding hydrogens is 448 g/mol. The van der Waals surface area contributed by atoms with Crippen LogP contribution >= 0.6 is 0 Å². The van der Waals surface area contributed by atoms with E-state index in [0.717, 1.165) is 76.4 Å². The maximum absolute atomic E-state index is 13.5. The summed E-state index contributed by atoms with van der Waals surface area (Å²) in [6.45, 7) is 1.98. The first kappa shape index (κ1) is 20.8. The zero-order valence-electron chi connectivity index (χ0n) is 19.6. The van der Waals surface area contributed by atoms with Crippen LogP contribution in [0.5, 0.6) is 0 Å². The minimum Gasteiger partial charge on any atom is -0.357 e. The number of pyridine rings is 2. The highest BCUT2D eigenvalue weighted by atomic mass is 16.1. The molecule has 0 radical (unpaired) electrons. The van der Waals surface area contributed by atoms with Crippen molar-refractivity contribution in [1.29, 1.82) is 0 Å². The molecule has 1 unspecified atom stereocenters. The lowest BCUT2D eigenvalue weighted by Gasteiger charge is -2.19. The van der Waals surface area contributed by atoms with Gasteiger partial charge in [0.1, 0.15) is 11.6 Å². The molecule has 0 saturated carbocycles. The van der Waals surface area contributed by atoms with E-state index in [9.17, 15) is 4.79 Å². The number of hydrogen-bond acceptors (Lipinski definition) is 5. The molecule has 1 atom stereocenters. The second-order valence-electron chi connectivity index (χ2n) is 9.34. The molecule has 2 aliphatic rings. The number of aromatic nitrogens is 4. The van der Waals surface area contributed by atoms with Crippen LogP contribution in [0.1, 0.15) is 40.4 Å². The van der Waals surface area contributed by atoms with Gasteiger partial charge in [-0.15, -0.1) is 0 Å². The lowest BCUT2D eigenvalue weighted by Crippen LogP contribution is -2.28. The van der Waals surface area contributed by atoms with Crippen molar-refractivity contribution in [3.05, 3.63) is 95.9 Å². The first-order valence-corrected chi connectivity index (χ1v) is 12.3. The summed E-state index contributed by atoms with van der Waals surface area (Å²) >= 11 is 0. The van der Waals surface area contributed by atoms with Crippen LogP contribution in [-0.2, 0) is 0 Å². The SMILES string of the molecule is O=C(NC1c2ccccc2-c2c(-c3nc4ccncc4[nH]3)cccc21)c1ccnc(N2CCCC2)c1. The summed E-state index contributed by atoms with van der Waals surface area (Å²) < 4.78 is 0. The van der Waals surface area contributed by atoms with Crippen LogP contribution in [-0.4, -0.2) is 38.9 Å². The predicted octanol–water partition coefficient (Wildman–Crippen LogP) is 5.12. The standard InChI is InChI=1S/C29H24N6O/c36-29(18-10-13-31-25(16-18)35-14-3-4-15-35)34-27-20-7-2-1-6-19(20)26-21(27)8-5-9-22(26)28-32-23-11-12-30-17-24(23)33-28/h1-2,5-13,16-17,27H,3-4,14-15H2,(H,32,33)(H,34,36). The van der Waals surface area contributed by atoms with Crippen LogP contribution in [0.25, 0.3) is 33.5 Å². The summed E-state index contributed by atoms with van der Waals surface area (Å²) in [5.41, 5.74) is 7.76. The number of carbonyl (C=O) groups is 1. The van der Waals surface area contributed by atoms with Crippen molar-refractivity contribution in [2.24, 2.45) is 0 Å². The van der Waals surface area contributed by atoms with Crippen LogP contribution in [0.4, 0.5) is 5.82 Å². The van der Waals surface area contributed by atoms with Gasteiger partial charge >= 0.3 is 0 Å². The zero-order valence-corrected chi connectivity index (χ0v) is 19.6. The number of H-pyrrole nitrogens is 1. The van der Waals surface area contributed by atoms with Gasteiger partial charge in [0.05, 0.1) is 23.3 Å². The second kappa shape index (κ2) is 8.30. The number of rotatable bonds is 4. The van der Waals surface area contributed by atoms with Crippen molar-refractivity contribution in [1.82, 2.24) is 25.3 Å². The molecule has 7 heteroatoms. The molecule has 1 aliphatic carbocycles. The Kier molecular flexibility index (Phi) is 4.80. The first-order valence-electron chi connectivity index (χ1n) is 12.3. The Balaban J connectivity index is 1.28. The Labute approximate surface area is 208 Å². The number of amides is 1. The van der Waals surface area contributed by atoms with Gasteiger partial charge in [0.2, 0.25) is 0 Å². The zero-order chi connectivity index (χ0) is 24.1. The third kappa shape index (κ3) is 3.35. The van der Waals surface area contributed by atoms with Crippen molar-refractivity contribution in [2.45, 2.75) is 18.9 Å². The summed E-state index contributed by atoms with van der Waals surface area (Å²) in [7, 11) is 0. The van der Waals surface area contributed by atoms with Crippen LogP contribution in [0.3, 0.4) is 0 Å². The average Bonchev–Trinajstić information content (AvgIpc) is 3.67. The van der Waals surface area contributed by atoms with E-state index in [1.165, 1.54) is 0 Å². The molecule has 1 saturated heterocycles. The van der Waals surface area contributed by atoms with Crippen LogP contribution in [0.2, 0.25) is 0 Å². The highest BCUT2D eigenvalue weighted by Gasteiger charge is 2.32. The van der Waals surface area contributed by atoms with E-state index in [1.807, 2.05) is 30.3 Å². The summed E-state index contributed by atoms with van der Waals surface area (Å²) in [5.74, 6) is 1.56. The van der Waals surface area contributed by atoms with Gasteiger partial charge in [0, 0.05) is 36.6 Å². The van der Waals surface area contributed by atoms with Gasteiger partial charge in [0.25, 0.3) is 5.91 Å². The van der Waals surface area contributed by atoms with E-state index in [4.69, 9.17) is 4.98 Å². The number of benzene rings is 2. The normalized spacial score (nSPS) is 16.2. The minimum absolute atomic E-state index is 0.106. The highest BCUT2D eigenvalue weighted by molar-refractivity contribution is 5.97. The topological polar surface area (TPSA) is 86.8 Å². The molecule has 176 valence electrons. The minimum atomic E-state index is -0.252. The first-order chi connectivity index (χ1) is 17.8. The third-order valence-corrected chi connectivity index (χ3v) is 7.20. The average molecular weight is 473 g/mol. The molecule has 7 nitrogen and oxygen atoms in total. The van der Waals surface area contributed by atoms with Gasteiger partial charge in [-0.1, -0.05) is 42.5 Å². The monoisotopic (exact) mass is 472 g/mol. The van der Waals surface area contributed by atoms with Gasteiger partial charge in [-0.25, -0.2) is 9.97 Å². The number of nitrogens with zero attached hydrogens (tertiary/aromatic N) is 4. The number of aromatic amines is 1. The molecular formula is C29H24N6O. The highest BCUT2D eigenvalue weighted by Crippen LogP contribution is 2.47. The number of fused-ring (bicyclic) bond motifs is 4. The lowest BCUT2D eigenvalue weighted by atomic mass is 9.98. The molecule has 2 aromatic carbocycles. The molecule has 36 heavy (non-hydrogen) atoms. The van der Waals surface area contributed by atoms with E-state index in [0.29, 0.717) is 5.56 Å². The van der Waals surface area contributed by atoms with Crippen molar-refractivity contribution in [2.75, 3.05) is 18.0 Å². The molecule has 5 aromatic rings. The van der Waals surface area contributed by atoms with Gasteiger partial charge in [-0.05, 0) is 53.3 Å². The number of hydrogen-bond donors (Lipinski definition) is 2. The van der Waals surface area contributed by atoms with E-state index in [-0.39, 0.29) is 11.9 Å². The quantitative estimate of drug-likeness (QED) is 0.379. The second-order valence-corrected chi connectivity index (χ2v) is 9.34. The van der Waals surface area contributed by atoms with Crippen molar-refractivity contribution < 1.29 is 4.79 Å². The summed E-state index contributed by atoms with van der Waals surface area (Å²) in [6, 6.07) is 19.8. The van der Waals surface area contributed by atoms with Crippen LogP contribution < -0.4 is 10.2 Å². The molecule has 7 rings (SSSR count). The van der Waals surface area contributed by atoms with Crippen LogP contribution in [0, 0.1) is 0 Å². The van der Waals surface area contributed by atoms with Gasteiger partial charge in [-0.2, -0.15) is 0 Å². The Morgan fingerprint density at radius 3 is 2.67 bits per heavy atom. The van der Waals surface area contributed by atoms with E-state index < -0.39 is 0 Å². The largest absolute Gasteiger partial charge is 0.357 e. The molecule has 0 bridgehead atoms. The Hall–Kier alpha value is -4.52. The fraction of sp³-hybridized carbons (Fsp3) is 0.172. The number of anilines is 1. The molecule has 3 aromatic heterocycles. The molecule has 1 aliphatic heterocycles. The maximum Gasteiger partial charge on any atom is 0.252 e. The van der Waals surface area contributed by atoms with E-state index >= 15 is 0 Å². The van der Waals surface area contributed by atoms with E-state index in [1.54, 1.807) is 24.7 Å². The summed E-state index contributed by atoms with van der Waals surface area (Å²) in [6.07, 6.45) is 7.60. The van der Waals surface area contributed by atoms with Gasteiger partial charge in [-0.3, -0.25) is 9.78 Å². The van der Waals surface area contributed by atoms with Crippen LogP contribution in [0.15, 0.2) is 79.3 Å². The van der Waals surface area contributed by atoms with Crippen molar-refractivity contribution in [3.8, 4) is 22.5 Å². The molecule has 2 N–H and O–H groups in total. The maximum atomic E-state index is 13.5. The lowest BCUT2D eigenvalue weighted by molar-refractivity contribution is 0.0943. The predicted molar refractivity (Wildman–Crippen MR) is 140 cm³/mol. The fourth-order valence-electron chi connectivity index (χ4n) is 5.49. The molecule has 4 heterocycles.